The molecule has 0 radical (unpaired) electrons. The van der Waals surface area contributed by atoms with Crippen molar-refractivity contribution < 1.29 is 32.9 Å². The highest BCUT2D eigenvalue weighted by Gasteiger charge is 2.35. The molecular weight excluding hydrogens is 539 g/mol. The number of halogens is 1. The van der Waals surface area contributed by atoms with Gasteiger partial charge >= 0.3 is 11.7 Å². The molecule has 0 spiro atoms. The van der Waals surface area contributed by atoms with Gasteiger partial charge in [0.1, 0.15) is 35.2 Å². The van der Waals surface area contributed by atoms with Crippen molar-refractivity contribution in [3.8, 4) is 17.3 Å². The number of pyridine rings is 1. The molecule has 1 aromatic carbocycles. The molecule has 0 amide bonds. The highest BCUT2D eigenvalue weighted by Crippen LogP contribution is 2.33. The first-order valence-corrected chi connectivity index (χ1v) is 13.0. The number of carbonyl (C=O) groups is 1. The van der Waals surface area contributed by atoms with Crippen molar-refractivity contribution in [3.63, 3.8) is 0 Å². The number of rotatable bonds is 9. The second-order valence-electron chi connectivity index (χ2n) is 10.1. The minimum absolute atomic E-state index is 0.128. The van der Waals surface area contributed by atoms with Crippen LogP contribution in [-0.4, -0.2) is 56.6 Å². The van der Waals surface area contributed by atoms with Gasteiger partial charge in [-0.15, -0.1) is 0 Å². The SMILES string of the molecule is COc1ccc(F)cc1[C@H](Cn1c(=O)n(C(C)(C)C(=O)O)c(=O)c2nc(-c3ncco3)ccc21)OC1CCOCC1. The second kappa shape index (κ2) is 11.3. The number of oxazole rings is 1. The van der Waals surface area contributed by atoms with E-state index in [0.717, 1.165) is 0 Å². The van der Waals surface area contributed by atoms with E-state index in [0.29, 0.717) is 41.9 Å². The highest BCUT2D eigenvalue weighted by molar-refractivity contribution is 5.79. The molecule has 216 valence electrons. The number of hydrogen-bond acceptors (Lipinski definition) is 9. The Morgan fingerprint density at radius 1 is 1.22 bits per heavy atom. The van der Waals surface area contributed by atoms with Crippen molar-refractivity contribution >= 4 is 17.0 Å². The lowest BCUT2D eigenvalue weighted by Gasteiger charge is -2.30. The smallest absolute Gasteiger partial charge is 0.332 e. The highest BCUT2D eigenvalue weighted by atomic mass is 19.1. The zero-order valence-electron chi connectivity index (χ0n) is 22.7. The van der Waals surface area contributed by atoms with E-state index in [2.05, 4.69) is 9.97 Å². The van der Waals surface area contributed by atoms with Gasteiger partial charge < -0.3 is 23.7 Å². The number of ether oxygens (including phenoxy) is 3. The summed E-state index contributed by atoms with van der Waals surface area (Å²) in [6, 6.07) is 7.03. The number of aromatic nitrogens is 4. The summed E-state index contributed by atoms with van der Waals surface area (Å²) in [5, 5.41) is 9.94. The van der Waals surface area contributed by atoms with Gasteiger partial charge in [0.25, 0.3) is 5.56 Å². The van der Waals surface area contributed by atoms with Crippen molar-refractivity contribution in [3.05, 3.63) is 75.0 Å². The molecular formula is C28H29FN4O8. The van der Waals surface area contributed by atoms with Gasteiger partial charge in [-0.1, -0.05) is 0 Å². The van der Waals surface area contributed by atoms with Crippen LogP contribution in [0.5, 0.6) is 5.75 Å². The number of carboxylic acid groups (broad SMARTS) is 1. The first kappa shape index (κ1) is 28.2. The third-order valence-electron chi connectivity index (χ3n) is 7.14. The average molecular weight is 569 g/mol. The summed E-state index contributed by atoms with van der Waals surface area (Å²) in [6.07, 6.45) is 2.74. The summed E-state index contributed by atoms with van der Waals surface area (Å²) in [7, 11) is 1.44. The van der Waals surface area contributed by atoms with E-state index in [1.807, 2.05) is 0 Å². The number of fused-ring (bicyclic) bond motifs is 1. The largest absolute Gasteiger partial charge is 0.496 e. The molecule has 4 aromatic rings. The summed E-state index contributed by atoms with van der Waals surface area (Å²) in [6.45, 7) is 3.25. The molecule has 13 heteroatoms. The fourth-order valence-corrected chi connectivity index (χ4v) is 4.86. The van der Waals surface area contributed by atoms with Crippen LogP contribution < -0.4 is 16.0 Å². The van der Waals surface area contributed by atoms with Crippen LogP contribution in [0.15, 0.2) is 56.8 Å². The lowest BCUT2D eigenvalue weighted by molar-refractivity contribution is -0.146. The van der Waals surface area contributed by atoms with Gasteiger partial charge in [-0.05, 0) is 57.0 Å². The van der Waals surface area contributed by atoms with E-state index in [-0.39, 0.29) is 35.3 Å². The summed E-state index contributed by atoms with van der Waals surface area (Å²) in [5.41, 5.74) is -3.21. The number of hydrogen-bond donors (Lipinski definition) is 1. The van der Waals surface area contributed by atoms with Crippen LogP contribution >= 0.6 is 0 Å². The number of nitrogens with zero attached hydrogens (tertiary/aromatic N) is 4. The van der Waals surface area contributed by atoms with Crippen LogP contribution in [0, 0.1) is 5.82 Å². The van der Waals surface area contributed by atoms with Gasteiger partial charge in [-0.3, -0.25) is 9.36 Å². The Hall–Kier alpha value is -4.36. The molecule has 1 fully saturated rings. The zero-order chi connectivity index (χ0) is 29.3. The third kappa shape index (κ3) is 5.37. The zero-order valence-corrected chi connectivity index (χ0v) is 22.7. The van der Waals surface area contributed by atoms with Gasteiger partial charge in [0.2, 0.25) is 5.89 Å². The Balaban J connectivity index is 1.74. The molecule has 3 aromatic heterocycles. The van der Waals surface area contributed by atoms with Crippen LogP contribution in [0.25, 0.3) is 22.6 Å². The molecule has 1 aliphatic heterocycles. The summed E-state index contributed by atoms with van der Waals surface area (Å²) < 4.78 is 39.1. The van der Waals surface area contributed by atoms with Gasteiger partial charge in [0.05, 0.1) is 31.5 Å². The molecule has 1 aliphatic rings. The number of carboxylic acids is 1. The fourth-order valence-electron chi connectivity index (χ4n) is 4.86. The van der Waals surface area contributed by atoms with Gasteiger partial charge in [0.15, 0.2) is 5.52 Å². The minimum atomic E-state index is -1.93. The number of methoxy groups -OCH3 is 1. The van der Waals surface area contributed by atoms with E-state index in [1.54, 1.807) is 0 Å². The van der Waals surface area contributed by atoms with Crippen molar-refractivity contribution in [1.82, 2.24) is 19.1 Å². The summed E-state index contributed by atoms with van der Waals surface area (Å²) in [4.78, 5) is 48.3. The Morgan fingerprint density at radius 2 is 1.98 bits per heavy atom. The predicted molar refractivity (Wildman–Crippen MR) is 143 cm³/mol. The van der Waals surface area contributed by atoms with E-state index in [1.165, 1.54) is 68.3 Å². The standard InChI is InChI=1S/C28H29FN4O8/c1-28(2,26(35)36)33-25(34)23-20(6-5-19(31-23)24-30-10-13-40-24)32(27(33)37)15-22(41-17-8-11-39-12-9-17)18-14-16(29)4-7-21(18)38-3/h4-7,10,13-14,17,22H,8-9,11-12,15H2,1-3H3,(H,35,36)/t22-/m0/s1. The van der Waals surface area contributed by atoms with Crippen LogP contribution in [0.1, 0.15) is 38.4 Å². The molecule has 5 rings (SSSR count). The summed E-state index contributed by atoms with van der Waals surface area (Å²) >= 11 is 0. The molecule has 1 atom stereocenters. The predicted octanol–water partition coefficient (Wildman–Crippen LogP) is 3.12. The number of aliphatic carboxylic acids is 1. The van der Waals surface area contributed by atoms with E-state index >= 15 is 0 Å². The fraction of sp³-hybridized carbons (Fsp3) is 0.393. The van der Waals surface area contributed by atoms with Crippen LogP contribution in [0.3, 0.4) is 0 Å². The van der Waals surface area contributed by atoms with E-state index < -0.39 is 34.7 Å². The van der Waals surface area contributed by atoms with Crippen molar-refractivity contribution in [1.29, 1.82) is 0 Å². The quantitative estimate of drug-likeness (QED) is 0.319. The molecule has 0 unspecified atom stereocenters. The maximum Gasteiger partial charge on any atom is 0.332 e. The topological polar surface area (TPSA) is 148 Å². The third-order valence-corrected chi connectivity index (χ3v) is 7.14. The van der Waals surface area contributed by atoms with Crippen LogP contribution in [0.4, 0.5) is 4.39 Å². The van der Waals surface area contributed by atoms with Gasteiger partial charge in [-0.2, -0.15) is 0 Å². The van der Waals surface area contributed by atoms with Gasteiger partial charge in [-0.25, -0.2) is 28.5 Å². The monoisotopic (exact) mass is 568 g/mol. The maximum absolute atomic E-state index is 14.5. The lowest BCUT2D eigenvalue weighted by atomic mass is 10.0. The second-order valence-corrected chi connectivity index (χ2v) is 10.1. The minimum Gasteiger partial charge on any atom is -0.496 e. The molecule has 1 saturated heterocycles. The first-order valence-electron chi connectivity index (χ1n) is 13.0. The Labute approximate surface area is 232 Å². The molecule has 12 nitrogen and oxygen atoms in total. The van der Waals surface area contributed by atoms with E-state index in [4.69, 9.17) is 18.6 Å². The van der Waals surface area contributed by atoms with Crippen molar-refractivity contribution in [2.24, 2.45) is 0 Å². The molecule has 4 heterocycles. The molecule has 0 aliphatic carbocycles. The maximum atomic E-state index is 14.5. The van der Waals surface area contributed by atoms with E-state index in [9.17, 15) is 23.9 Å². The number of benzene rings is 1. The lowest BCUT2D eigenvalue weighted by Crippen LogP contribution is -2.53. The van der Waals surface area contributed by atoms with Crippen molar-refractivity contribution in [2.75, 3.05) is 20.3 Å². The Bertz CT molecular complexity index is 1690. The van der Waals surface area contributed by atoms with Gasteiger partial charge in [0, 0.05) is 18.8 Å². The van der Waals surface area contributed by atoms with Crippen LogP contribution in [-0.2, 0) is 26.4 Å². The Morgan fingerprint density at radius 3 is 2.63 bits per heavy atom. The molecule has 0 bridgehead atoms. The summed E-state index contributed by atoms with van der Waals surface area (Å²) in [5.74, 6) is -1.45. The van der Waals surface area contributed by atoms with Crippen molar-refractivity contribution in [2.45, 2.75) is 51.0 Å². The van der Waals surface area contributed by atoms with Crippen LogP contribution in [0.2, 0.25) is 0 Å². The molecule has 0 saturated carbocycles. The Kier molecular flexibility index (Phi) is 7.74. The first-order chi connectivity index (χ1) is 19.6. The average Bonchev–Trinajstić information content (AvgIpc) is 3.50. The normalized spacial score (nSPS) is 15.2. The molecule has 41 heavy (non-hydrogen) atoms. The molecule has 1 N–H and O–H groups in total.